The summed E-state index contributed by atoms with van der Waals surface area (Å²) in [6, 6.07) is 8.51. The molecule has 0 atom stereocenters. The standard InChI is InChI=1S/C12H16ClN/c1-10-3-2-4-11(7-10)5-6-12(8-13)9-14/h2-4,7-8H,5-6,9,14H2,1H3. The van der Waals surface area contributed by atoms with Crippen molar-refractivity contribution in [2.45, 2.75) is 19.8 Å². The molecule has 0 saturated carbocycles. The average Bonchev–Trinajstić information content (AvgIpc) is 2.19. The Hall–Kier alpha value is -0.790. The molecule has 0 heterocycles. The highest BCUT2D eigenvalue weighted by molar-refractivity contribution is 6.25. The summed E-state index contributed by atoms with van der Waals surface area (Å²) in [7, 11) is 0. The average molecular weight is 210 g/mol. The van der Waals surface area contributed by atoms with Gasteiger partial charge in [0.05, 0.1) is 0 Å². The molecule has 0 aliphatic rings. The molecule has 0 spiro atoms. The van der Waals surface area contributed by atoms with Gasteiger partial charge in [-0.05, 0) is 30.9 Å². The van der Waals surface area contributed by atoms with Crippen molar-refractivity contribution < 1.29 is 0 Å². The molecule has 0 saturated heterocycles. The number of benzene rings is 1. The Kier molecular flexibility index (Phi) is 4.71. The van der Waals surface area contributed by atoms with Gasteiger partial charge < -0.3 is 5.73 Å². The number of nitrogens with two attached hydrogens (primary N) is 1. The highest BCUT2D eigenvalue weighted by atomic mass is 35.5. The lowest BCUT2D eigenvalue weighted by molar-refractivity contribution is 0.905. The highest BCUT2D eigenvalue weighted by Gasteiger charge is 1.97. The van der Waals surface area contributed by atoms with Gasteiger partial charge in [-0.25, -0.2) is 0 Å². The first kappa shape index (κ1) is 11.3. The van der Waals surface area contributed by atoms with Gasteiger partial charge in [-0.2, -0.15) is 0 Å². The molecule has 0 radical (unpaired) electrons. The van der Waals surface area contributed by atoms with Crippen LogP contribution in [0, 0.1) is 6.92 Å². The van der Waals surface area contributed by atoms with Crippen molar-refractivity contribution in [1.29, 1.82) is 0 Å². The summed E-state index contributed by atoms with van der Waals surface area (Å²) in [6.45, 7) is 2.65. The van der Waals surface area contributed by atoms with Crippen molar-refractivity contribution in [3.05, 3.63) is 46.5 Å². The summed E-state index contributed by atoms with van der Waals surface area (Å²) < 4.78 is 0. The van der Waals surface area contributed by atoms with E-state index in [4.69, 9.17) is 17.3 Å². The van der Waals surface area contributed by atoms with E-state index in [0.717, 1.165) is 18.4 Å². The maximum absolute atomic E-state index is 5.62. The van der Waals surface area contributed by atoms with Gasteiger partial charge in [-0.1, -0.05) is 41.4 Å². The molecule has 2 N–H and O–H groups in total. The zero-order valence-electron chi connectivity index (χ0n) is 8.46. The lowest BCUT2D eigenvalue weighted by Crippen LogP contribution is -2.03. The van der Waals surface area contributed by atoms with Gasteiger partial charge in [0.15, 0.2) is 0 Å². The van der Waals surface area contributed by atoms with E-state index in [-0.39, 0.29) is 0 Å². The van der Waals surface area contributed by atoms with Crippen LogP contribution < -0.4 is 5.73 Å². The Bertz CT molecular complexity index is 318. The van der Waals surface area contributed by atoms with Gasteiger partial charge >= 0.3 is 0 Å². The van der Waals surface area contributed by atoms with Crippen LogP contribution in [0.2, 0.25) is 0 Å². The number of hydrogen-bond donors (Lipinski definition) is 1. The first-order chi connectivity index (χ1) is 6.76. The SMILES string of the molecule is Cc1cccc(CCC(=CCl)CN)c1. The summed E-state index contributed by atoms with van der Waals surface area (Å²) >= 11 is 5.62. The van der Waals surface area contributed by atoms with Crippen LogP contribution in [0.25, 0.3) is 0 Å². The predicted molar refractivity (Wildman–Crippen MR) is 62.5 cm³/mol. The van der Waals surface area contributed by atoms with Crippen LogP contribution in [0.5, 0.6) is 0 Å². The van der Waals surface area contributed by atoms with Gasteiger partial charge in [0.2, 0.25) is 0 Å². The monoisotopic (exact) mass is 209 g/mol. The largest absolute Gasteiger partial charge is 0.327 e. The molecule has 76 valence electrons. The Morgan fingerprint density at radius 3 is 2.86 bits per heavy atom. The number of halogens is 1. The van der Waals surface area contributed by atoms with Crippen LogP contribution in [-0.4, -0.2) is 6.54 Å². The smallest absolute Gasteiger partial charge is 0.0148 e. The summed E-state index contributed by atoms with van der Waals surface area (Å²) in [5.41, 5.74) is 10.9. The molecule has 0 fully saturated rings. The van der Waals surface area contributed by atoms with E-state index >= 15 is 0 Å². The fourth-order valence-electron chi connectivity index (χ4n) is 1.37. The Labute approximate surface area is 90.6 Å². The van der Waals surface area contributed by atoms with Gasteiger partial charge in [0.1, 0.15) is 0 Å². The quantitative estimate of drug-likeness (QED) is 0.811. The maximum atomic E-state index is 5.62. The molecule has 0 unspecified atom stereocenters. The Morgan fingerprint density at radius 2 is 2.29 bits per heavy atom. The molecule has 0 aliphatic heterocycles. The van der Waals surface area contributed by atoms with E-state index in [9.17, 15) is 0 Å². The molecule has 14 heavy (non-hydrogen) atoms. The zero-order valence-corrected chi connectivity index (χ0v) is 9.22. The Balaban J connectivity index is 2.53. The first-order valence-electron chi connectivity index (χ1n) is 4.80. The molecule has 1 rings (SSSR count). The van der Waals surface area contributed by atoms with Crippen molar-refractivity contribution in [3.8, 4) is 0 Å². The summed E-state index contributed by atoms with van der Waals surface area (Å²) in [4.78, 5) is 0. The molecule has 0 aliphatic carbocycles. The van der Waals surface area contributed by atoms with E-state index in [1.165, 1.54) is 11.1 Å². The molecule has 0 bridgehead atoms. The van der Waals surface area contributed by atoms with Crippen LogP contribution in [0.1, 0.15) is 17.5 Å². The van der Waals surface area contributed by atoms with Crippen LogP contribution >= 0.6 is 11.6 Å². The van der Waals surface area contributed by atoms with Crippen molar-refractivity contribution in [2.75, 3.05) is 6.54 Å². The Morgan fingerprint density at radius 1 is 1.50 bits per heavy atom. The molecule has 0 aromatic heterocycles. The number of rotatable bonds is 4. The summed E-state index contributed by atoms with van der Waals surface area (Å²) in [6.07, 6.45) is 1.96. The van der Waals surface area contributed by atoms with E-state index in [1.807, 2.05) is 0 Å². The lowest BCUT2D eigenvalue weighted by Gasteiger charge is -2.04. The van der Waals surface area contributed by atoms with E-state index < -0.39 is 0 Å². The second-order valence-corrected chi connectivity index (χ2v) is 3.68. The molecular formula is C12H16ClN. The van der Waals surface area contributed by atoms with Gasteiger partial charge in [-0.3, -0.25) is 0 Å². The van der Waals surface area contributed by atoms with Gasteiger partial charge in [-0.15, -0.1) is 0 Å². The van der Waals surface area contributed by atoms with E-state index in [0.29, 0.717) is 6.54 Å². The van der Waals surface area contributed by atoms with Crippen molar-refractivity contribution >= 4 is 11.6 Å². The second kappa shape index (κ2) is 5.84. The van der Waals surface area contributed by atoms with Crippen LogP contribution in [0.3, 0.4) is 0 Å². The lowest BCUT2D eigenvalue weighted by atomic mass is 10.0. The van der Waals surface area contributed by atoms with Crippen molar-refractivity contribution in [1.82, 2.24) is 0 Å². The number of aryl methyl sites for hydroxylation is 2. The molecule has 1 nitrogen and oxygen atoms in total. The van der Waals surface area contributed by atoms with E-state index in [1.54, 1.807) is 5.54 Å². The minimum Gasteiger partial charge on any atom is -0.327 e. The van der Waals surface area contributed by atoms with Crippen LogP contribution in [0.15, 0.2) is 35.4 Å². The molecule has 0 amide bonds. The highest BCUT2D eigenvalue weighted by Crippen LogP contribution is 2.10. The third kappa shape index (κ3) is 3.52. The molecule has 1 aromatic rings. The summed E-state index contributed by atoms with van der Waals surface area (Å²) in [5.74, 6) is 0. The van der Waals surface area contributed by atoms with E-state index in [2.05, 4.69) is 31.2 Å². The van der Waals surface area contributed by atoms with Gasteiger partial charge in [0.25, 0.3) is 0 Å². The van der Waals surface area contributed by atoms with Crippen molar-refractivity contribution in [3.63, 3.8) is 0 Å². The predicted octanol–water partition coefficient (Wildman–Crippen LogP) is 3.01. The topological polar surface area (TPSA) is 26.0 Å². The summed E-state index contributed by atoms with van der Waals surface area (Å²) in [5, 5.41) is 0. The maximum Gasteiger partial charge on any atom is 0.0148 e. The third-order valence-electron chi connectivity index (χ3n) is 2.23. The third-order valence-corrected chi connectivity index (χ3v) is 2.54. The minimum atomic E-state index is 0.551. The van der Waals surface area contributed by atoms with Crippen LogP contribution in [0.4, 0.5) is 0 Å². The van der Waals surface area contributed by atoms with Gasteiger partial charge in [0, 0.05) is 12.1 Å². The van der Waals surface area contributed by atoms with Crippen molar-refractivity contribution in [2.24, 2.45) is 5.73 Å². The molecule has 1 aromatic carbocycles. The number of hydrogen-bond acceptors (Lipinski definition) is 1. The minimum absolute atomic E-state index is 0.551. The first-order valence-corrected chi connectivity index (χ1v) is 5.23. The fourth-order valence-corrected chi connectivity index (χ4v) is 1.57. The van der Waals surface area contributed by atoms with Crippen LogP contribution in [-0.2, 0) is 6.42 Å². The zero-order chi connectivity index (χ0) is 10.4. The molecular weight excluding hydrogens is 194 g/mol. The molecule has 2 heteroatoms. The second-order valence-electron chi connectivity index (χ2n) is 3.46. The normalized spacial score (nSPS) is 11.8. The fraction of sp³-hybridized carbons (Fsp3) is 0.333.